The van der Waals surface area contributed by atoms with Crippen LogP contribution in [-0.2, 0) is 65.6 Å². The Morgan fingerprint density at radius 3 is 1.71 bits per heavy atom. The number of halogens is 3. The molecule has 0 spiro atoms. The number of sulfonamides is 2. The monoisotopic (exact) mass is 1830 g/mol. The molecule has 6 heterocycles. The molecular weight excluding hydrogens is 1740 g/mol. The van der Waals surface area contributed by atoms with E-state index in [4.69, 9.17) is 43.6 Å². The number of nitrogens with zero attached hydrogens (tertiary/aromatic N) is 6. The van der Waals surface area contributed by atoms with E-state index in [2.05, 4.69) is 25.2 Å². The summed E-state index contributed by atoms with van der Waals surface area (Å²) in [5, 5.41) is 23.8. The normalized spacial score (nSPS) is 12.8. The molecular formula is C92H89ClF2N8O18S5. The van der Waals surface area contributed by atoms with E-state index < -0.39 is 80.0 Å². The Labute approximate surface area is 737 Å². The maximum Gasteiger partial charge on any atom is 0.339 e. The van der Waals surface area contributed by atoms with Gasteiger partial charge >= 0.3 is 23.1 Å². The number of rotatable bonds is 20. The van der Waals surface area contributed by atoms with Gasteiger partial charge in [0.1, 0.15) is 18.1 Å². The van der Waals surface area contributed by atoms with Crippen molar-refractivity contribution in [1.29, 1.82) is 0 Å². The summed E-state index contributed by atoms with van der Waals surface area (Å²) in [7, 11) is -14.0. The maximum atomic E-state index is 13.6. The molecule has 15 rings (SSSR count). The number of hydrogen-bond donors (Lipinski definition) is 3. The van der Waals surface area contributed by atoms with Crippen LogP contribution < -0.4 is 20.2 Å². The molecule has 656 valence electrons. The Morgan fingerprint density at radius 1 is 0.619 bits per heavy atom. The molecule has 0 unspecified atom stereocenters. The largest absolute Gasteiger partial charge is 0.487 e. The van der Waals surface area contributed by atoms with E-state index in [1.54, 1.807) is 113 Å². The second kappa shape index (κ2) is 42.5. The number of nitrogens with two attached hydrogens (primary N) is 1. The SMILES string of the molecule is CCC(=O)NS(=O)(=O)c1ccc(-c2c(-c3ccccc3)noc2C)cc1.CS(=O)(=O)c1ccc(C2=C(c3ccccc3)C(=O)OC2)cc1.Cc1ccc(-c2cnn(-c3ccc(F)c(F)c3)c(=O)c2OCCC(C)(C)O)cc1.Cc1ccc(-c2ncc(Cl)cc2-c2ccc(S(C)(=O)=O)cc2)cn1.Cc1nc(C2CCCCC2)c(-c2ccc(S(N)(=O)=O)cc2)o1.O=S=O. The number of sulfone groups is 2. The standard InChI is InChI=1S/C22H22F2N2O3.C19H18N2O4S.C18H15ClN2O2S.C17H14O4S.C16H20N2O3S.O2S/c1-14-4-6-15(7-5-14)17-13-25-26(16-8-9-18(23)19(24)12-16)21(27)20(17)29-11-10-22(2,3)28;1-3-17(22)21-26(23,24)16-11-9-14(10-12-16)18-13(2)25-20-19(18)15-7-5-4-6-8-15;1-12-3-4-14(10-20-12)18-17(9-15(19)11-21-18)13-5-7-16(8-6-13)24(2,22)23;1-22(19,20)14-9-7-12(8-10-14)15-11-21-17(18)16(15)13-5-3-2-4-6-13;1-11-18-15(12-5-3-2-4-6-12)16(21-11)13-7-9-14(10-8-13)22(17,19)20;1-3-2/h4-9,12-13,28H,10-11H2,1-3H3;4-12H,3H2,1-2H3,(H,21,22);3-11H,1-2H3;2-10H,11H2,1H3;7-10,12H,2-6H2,1H3,(H2,17,19,20);. The van der Waals surface area contributed by atoms with Gasteiger partial charge in [-0.2, -0.15) is 18.2 Å². The minimum Gasteiger partial charge on any atom is -0.487 e. The lowest BCUT2D eigenvalue weighted by Crippen LogP contribution is -2.29. The summed E-state index contributed by atoms with van der Waals surface area (Å²) in [4.78, 5) is 50.5. The molecule has 1 fully saturated rings. The van der Waals surface area contributed by atoms with E-state index in [1.165, 1.54) is 68.3 Å². The summed E-state index contributed by atoms with van der Waals surface area (Å²) in [6.07, 6.45) is 13.5. The topological polar surface area (TPSA) is 394 Å². The van der Waals surface area contributed by atoms with Crippen molar-refractivity contribution in [1.82, 2.24) is 34.6 Å². The van der Waals surface area contributed by atoms with Crippen LogP contribution in [0, 0.1) is 39.3 Å². The molecule has 1 aliphatic carbocycles. The van der Waals surface area contributed by atoms with Crippen molar-refractivity contribution in [3.63, 3.8) is 0 Å². The predicted molar refractivity (Wildman–Crippen MR) is 476 cm³/mol. The number of pyridine rings is 2. The Kier molecular flexibility index (Phi) is 32.3. The van der Waals surface area contributed by atoms with Crippen molar-refractivity contribution in [2.24, 2.45) is 5.14 Å². The van der Waals surface area contributed by atoms with Gasteiger partial charge in [0.15, 0.2) is 48.7 Å². The second-order valence-corrected chi connectivity index (χ2v) is 37.6. The molecule has 5 aromatic heterocycles. The Morgan fingerprint density at radius 2 is 1.16 bits per heavy atom. The third kappa shape index (κ3) is 25.6. The summed E-state index contributed by atoms with van der Waals surface area (Å²) < 4.78 is 162. The molecule has 1 saturated carbocycles. The lowest BCUT2D eigenvalue weighted by atomic mass is 9.85. The van der Waals surface area contributed by atoms with Gasteiger partial charge in [0.25, 0.3) is 10.0 Å². The number of amides is 1. The van der Waals surface area contributed by atoms with Gasteiger partial charge in [0.05, 0.1) is 71.2 Å². The first kappa shape index (κ1) is 95.8. The van der Waals surface area contributed by atoms with Gasteiger partial charge in [-0.15, -0.1) is 0 Å². The van der Waals surface area contributed by atoms with Gasteiger partial charge in [-0.1, -0.05) is 170 Å². The minimum absolute atomic E-state index is 0.0258. The molecule has 2 aliphatic rings. The number of aryl methyl sites for hydroxylation is 4. The molecule has 0 atom stereocenters. The van der Waals surface area contributed by atoms with Gasteiger partial charge < -0.3 is 23.5 Å². The summed E-state index contributed by atoms with van der Waals surface area (Å²) >= 11 is 5.36. The van der Waals surface area contributed by atoms with Crippen molar-refractivity contribution >= 4 is 85.9 Å². The molecule has 1 aliphatic heterocycles. The summed E-state index contributed by atoms with van der Waals surface area (Å²) in [6.45, 7) is 12.7. The van der Waals surface area contributed by atoms with Crippen molar-refractivity contribution in [2.75, 3.05) is 25.7 Å². The average Bonchev–Trinajstić information content (AvgIpc) is 1.20. The van der Waals surface area contributed by atoms with Crippen molar-refractivity contribution in [3.8, 4) is 78.7 Å². The molecule has 8 aromatic carbocycles. The number of esters is 1. The molecule has 34 heteroatoms. The number of carbonyl (C=O) groups excluding carboxylic acids is 2. The molecule has 0 radical (unpaired) electrons. The highest BCUT2D eigenvalue weighted by atomic mass is 35.5. The molecule has 0 bridgehead atoms. The Hall–Kier alpha value is -12.5. The van der Waals surface area contributed by atoms with Gasteiger partial charge in [0, 0.05) is 95.7 Å². The van der Waals surface area contributed by atoms with E-state index >= 15 is 0 Å². The average molecular weight is 1830 g/mol. The van der Waals surface area contributed by atoms with Crippen LogP contribution in [0.3, 0.4) is 0 Å². The molecule has 126 heavy (non-hydrogen) atoms. The van der Waals surface area contributed by atoms with E-state index in [0.717, 1.165) is 119 Å². The van der Waals surface area contributed by atoms with Crippen LogP contribution >= 0.6 is 11.6 Å². The number of ether oxygens (including phenoxy) is 2. The van der Waals surface area contributed by atoms with E-state index in [1.807, 2.05) is 129 Å². The number of primary sulfonamides is 1. The lowest BCUT2D eigenvalue weighted by molar-refractivity contribution is -0.133. The van der Waals surface area contributed by atoms with E-state index in [9.17, 15) is 61.9 Å². The van der Waals surface area contributed by atoms with Crippen molar-refractivity contribution < 1.29 is 84.0 Å². The first-order chi connectivity index (χ1) is 59.7. The van der Waals surface area contributed by atoms with Gasteiger partial charge in [0.2, 0.25) is 15.9 Å². The second-order valence-electron chi connectivity index (χ2n) is 29.8. The van der Waals surface area contributed by atoms with Gasteiger partial charge in [-0.05, 0) is 166 Å². The number of oxazole rings is 1. The summed E-state index contributed by atoms with van der Waals surface area (Å²) in [6, 6.07) is 61.1. The van der Waals surface area contributed by atoms with Crippen LogP contribution in [0.25, 0.3) is 84.1 Å². The summed E-state index contributed by atoms with van der Waals surface area (Å²) in [5.41, 5.74) is 12.9. The number of aliphatic hydroxyl groups is 1. The van der Waals surface area contributed by atoms with Crippen LogP contribution in [0.5, 0.6) is 5.75 Å². The van der Waals surface area contributed by atoms with Crippen LogP contribution in [0.1, 0.15) is 111 Å². The van der Waals surface area contributed by atoms with E-state index in [0.29, 0.717) is 45.8 Å². The first-order valence-electron chi connectivity index (χ1n) is 39.1. The first-order valence-corrected chi connectivity index (χ1v) is 47.0. The van der Waals surface area contributed by atoms with Crippen molar-refractivity contribution in [3.05, 3.63) is 304 Å². The number of nitrogens with one attached hydrogen (secondary N) is 1. The number of aromatic nitrogens is 6. The quantitative estimate of drug-likeness (QED) is 0.0597. The maximum absolute atomic E-state index is 13.6. The smallest absolute Gasteiger partial charge is 0.339 e. The fraction of sp³-hybridized carbons (Fsp3) is 0.217. The number of hydrogen-bond acceptors (Lipinski definition) is 23. The Balaban J connectivity index is 0.000000164. The lowest BCUT2D eigenvalue weighted by Gasteiger charge is -2.20. The highest BCUT2D eigenvalue weighted by Gasteiger charge is 2.29. The van der Waals surface area contributed by atoms with E-state index in [-0.39, 0.29) is 56.6 Å². The van der Waals surface area contributed by atoms with Crippen LogP contribution in [0.15, 0.2) is 270 Å². The zero-order chi connectivity index (χ0) is 91.4. The van der Waals surface area contributed by atoms with Gasteiger partial charge in [-0.25, -0.2) is 62.1 Å². The zero-order valence-corrected chi connectivity index (χ0v) is 74.6. The third-order valence-electron chi connectivity index (χ3n) is 19.7. The number of carbonyl (C=O) groups is 2. The summed E-state index contributed by atoms with van der Waals surface area (Å²) in [5.74, 6) is -0.501. The number of benzene rings is 8. The highest BCUT2D eigenvalue weighted by molar-refractivity contribution is 7.91. The molecule has 13 aromatic rings. The molecule has 0 saturated heterocycles. The molecule has 26 nitrogen and oxygen atoms in total. The van der Waals surface area contributed by atoms with Crippen molar-refractivity contribution in [2.45, 2.75) is 125 Å². The van der Waals surface area contributed by atoms with Gasteiger partial charge in [-0.3, -0.25) is 19.6 Å². The predicted octanol–water partition coefficient (Wildman–Crippen LogP) is 17.0. The molecule has 1 amide bonds. The number of cyclic esters (lactones) is 1. The van der Waals surface area contributed by atoms with Crippen LogP contribution in [-0.4, -0.2) is 120 Å². The fourth-order valence-corrected chi connectivity index (χ4v) is 16.2. The fourth-order valence-electron chi connectivity index (χ4n) is 13.2. The van der Waals surface area contributed by atoms with Crippen LogP contribution in [0.4, 0.5) is 8.78 Å². The zero-order valence-electron chi connectivity index (χ0n) is 69.8. The highest BCUT2D eigenvalue weighted by Crippen LogP contribution is 2.41. The Bertz CT molecular complexity index is 6650. The van der Waals surface area contributed by atoms with Crippen LogP contribution in [0.2, 0.25) is 5.02 Å². The minimum atomic E-state index is -3.87. The molecule has 4 N–H and O–H groups in total. The third-order valence-corrected chi connectivity index (χ3v) is 24.5.